The summed E-state index contributed by atoms with van der Waals surface area (Å²) in [6.07, 6.45) is 2.95. The van der Waals surface area contributed by atoms with Gasteiger partial charge in [-0.05, 0) is 27.3 Å². The molecule has 1 saturated heterocycles. The van der Waals surface area contributed by atoms with Gasteiger partial charge in [-0.15, -0.1) is 0 Å². The number of ether oxygens (including phenoxy) is 1. The maximum Gasteiger partial charge on any atom is 0.228 e. The van der Waals surface area contributed by atoms with Crippen molar-refractivity contribution >= 4 is 0 Å². The zero-order chi connectivity index (χ0) is 15.2. The van der Waals surface area contributed by atoms with Gasteiger partial charge in [0.15, 0.2) is 0 Å². The predicted octanol–water partition coefficient (Wildman–Crippen LogP) is 1.78. The SMILES string of the molecule is CCCC(Cc1nc(C2CN(C(C)C)CCO2)no1)NC. The van der Waals surface area contributed by atoms with E-state index in [4.69, 9.17) is 9.26 Å². The summed E-state index contributed by atoms with van der Waals surface area (Å²) in [5.74, 6) is 1.38. The van der Waals surface area contributed by atoms with Crippen LogP contribution in [0.4, 0.5) is 0 Å². The molecule has 0 radical (unpaired) electrons. The fraction of sp³-hybridized carbons (Fsp3) is 0.867. The van der Waals surface area contributed by atoms with Crippen LogP contribution in [0.25, 0.3) is 0 Å². The Hall–Kier alpha value is -0.980. The van der Waals surface area contributed by atoms with Crippen LogP contribution in [-0.4, -0.2) is 53.9 Å². The molecular weight excluding hydrogens is 268 g/mol. The molecule has 2 unspecified atom stereocenters. The van der Waals surface area contributed by atoms with Gasteiger partial charge < -0.3 is 14.6 Å². The van der Waals surface area contributed by atoms with Gasteiger partial charge in [0.1, 0.15) is 6.10 Å². The van der Waals surface area contributed by atoms with E-state index in [1.54, 1.807) is 0 Å². The Balaban J connectivity index is 1.95. The first-order valence-corrected chi connectivity index (χ1v) is 7.99. The molecular formula is C15H28N4O2. The highest BCUT2D eigenvalue weighted by atomic mass is 16.5. The summed E-state index contributed by atoms with van der Waals surface area (Å²) in [6, 6.07) is 0.906. The maximum atomic E-state index is 5.79. The Morgan fingerprint density at radius 2 is 2.24 bits per heavy atom. The molecule has 1 aromatic rings. The largest absolute Gasteiger partial charge is 0.367 e. The molecule has 0 amide bonds. The summed E-state index contributed by atoms with van der Waals surface area (Å²) in [7, 11) is 1.97. The number of rotatable bonds is 7. The zero-order valence-electron chi connectivity index (χ0n) is 13.6. The summed E-state index contributed by atoms with van der Waals surface area (Å²) >= 11 is 0. The van der Waals surface area contributed by atoms with Gasteiger partial charge in [-0.1, -0.05) is 18.5 Å². The van der Waals surface area contributed by atoms with Crippen molar-refractivity contribution < 1.29 is 9.26 Å². The van der Waals surface area contributed by atoms with Gasteiger partial charge in [0.05, 0.1) is 6.61 Å². The van der Waals surface area contributed by atoms with Gasteiger partial charge in [0.25, 0.3) is 0 Å². The number of nitrogens with one attached hydrogen (secondary N) is 1. The van der Waals surface area contributed by atoms with Gasteiger partial charge in [-0.25, -0.2) is 0 Å². The molecule has 1 aromatic heterocycles. The lowest BCUT2D eigenvalue weighted by Crippen LogP contribution is -2.42. The van der Waals surface area contributed by atoms with Crippen LogP contribution < -0.4 is 5.32 Å². The minimum Gasteiger partial charge on any atom is -0.367 e. The second kappa shape index (κ2) is 7.87. The van der Waals surface area contributed by atoms with E-state index in [9.17, 15) is 0 Å². The van der Waals surface area contributed by atoms with Gasteiger partial charge in [-0.3, -0.25) is 4.90 Å². The van der Waals surface area contributed by atoms with Crippen molar-refractivity contribution in [1.82, 2.24) is 20.4 Å². The predicted molar refractivity (Wildman–Crippen MR) is 81.2 cm³/mol. The Morgan fingerprint density at radius 1 is 1.43 bits per heavy atom. The van der Waals surface area contributed by atoms with E-state index in [1.165, 1.54) is 0 Å². The average molecular weight is 296 g/mol. The van der Waals surface area contributed by atoms with Crippen molar-refractivity contribution in [3.8, 4) is 0 Å². The van der Waals surface area contributed by atoms with Crippen LogP contribution in [0, 0.1) is 0 Å². The van der Waals surface area contributed by atoms with E-state index in [0.717, 1.165) is 39.0 Å². The van der Waals surface area contributed by atoms with Crippen LogP contribution in [-0.2, 0) is 11.2 Å². The minimum absolute atomic E-state index is 0.0714. The van der Waals surface area contributed by atoms with Gasteiger partial charge in [0, 0.05) is 31.6 Å². The third kappa shape index (κ3) is 4.49. The fourth-order valence-electron chi connectivity index (χ4n) is 2.68. The number of aromatic nitrogens is 2. The quantitative estimate of drug-likeness (QED) is 0.827. The number of morpholine rings is 1. The maximum absolute atomic E-state index is 5.79. The van der Waals surface area contributed by atoms with Crippen molar-refractivity contribution in [2.75, 3.05) is 26.7 Å². The number of nitrogens with zero attached hydrogens (tertiary/aromatic N) is 3. The van der Waals surface area contributed by atoms with Gasteiger partial charge in [-0.2, -0.15) is 4.98 Å². The third-order valence-corrected chi connectivity index (χ3v) is 4.07. The number of hydrogen-bond donors (Lipinski definition) is 1. The van der Waals surface area contributed by atoms with Gasteiger partial charge >= 0.3 is 0 Å². The van der Waals surface area contributed by atoms with E-state index in [1.807, 2.05) is 7.05 Å². The Morgan fingerprint density at radius 3 is 2.90 bits per heavy atom. The molecule has 2 atom stereocenters. The first-order valence-electron chi connectivity index (χ1n) is 7.99. The number of hydrogen-bond acceptors (Lipinski definition) is 6. The fourth-order valence-corrected chi connectivity index (χ4v) is 2.68. The first-order chi connectivity index (χ1) is 10.1. The molecule has 1 N–H and O–H groups in total. The molecule has 6 heteroatoms. The molecule has 120 valence electrons. The van der Waals surface area contributed by atoms with Crippen LogP contribution in [0.3, 0.4) is 0 Å². The molecule has 6 nitrogen and oxygen atoms in total. The van der Waals surface area contributed by atoms with Gasteiger partial charge in [0.2, 0.25) is 11.7 Å². The van der Waals surface area contributed by atoms with E-state index in [-0.39, 0.29) is 6.10 Å². The molecule has 1 aliphatic heterocycles. The van der Waals surface area contributed by atoms with Crippen molar-refractivity contribution in [3.05, 3.63) is 11.7 Å². The lowest BCUT2D eigenvalue weighted by Gasteiger charge is -2.34. The standard InChI is InChI=1S/C15H28N4O2/c1-5-6-12(16-4)9-14-17-15(18-21-14)13-10-19(11(2)3)7-8-20-13/h11-13,16H,5-10H2,1-4H3. The van der Waals surface area contributed by atoms with E-state index in [2.05, 4.69) is 41.1 Å². The monoisotopic (exact) mass is 296 g/mol. The van der Waals surface area contributed by atoms with Crippen LogP contribution in [0.15, 0.2) is 4.52 Å². The molecule has 21 heavy (non-hydrogen) atoms. The Labute approximate surface area is 127 Å². The Bertz CT molecular complexity index is 422. The second-order valence-electron chi connectivity index (χ2n) is 5.97. The smallest absolute Gasteiger partial charge is 0.228 e. The lowest BCUT2D eigenvalue weighted by atomic mass is 10.1. The molecule has 1 aliphatic rings. The molecule has 2 rings (SSSR count). The van der Waals surface area contributed by atoms with E-state index < -0.39 is 0 Å². The van der Waals surface area contributed by atoms with Crippen molar-refractivity contribution in [2.45, 2.75) is 58.2 Å². The lowest BCUT2D eigenvalue weighted by molar-refractivity contribution is -0.0450. The highest BCUT2D eigenvalue weighted by Crippen LogP contribution is 2.21. The molecule has 1 fully saturated rings. The van der Waals surface area contributed by atoms with E-state index in [0.29, 0.717) is 23.8 Å². The second-order valence-corrected chi connectivity index (χ2v) is 5.97. The van der Waals surface area contributed by atoms with Crippen LogP contribution in [0.2, 0.25) is 0 Å². The van der Waals surface area contributed by atoms with E-state index >= 15 is 0 Å². The normalized spacial score (nSPS) is 21.9. The summed E-state index contributed by atoms with van der Waals surface area (Å²) in [5.41, 5.74) is 0. The summed E-state index contributed by atoms with van der Waals surface area (Å²) < 4.78 is 11.2. The summed E-state index contributed by atoms with van der Waals surface area (Å²) in [5, 5.41) is 7.41. The molecule has 0 aliphatic carbocycles. The highest BCUT2D eigenvalue weighted by molar-refractivity contribution is 4.96. The Kier molecular flexibility index (Phi) is 6.14. The summed E-state index contributed by atoms with van der Waals surface area (Å²) in [6.45, 7) is 9.11. The molecule has 0 spiro atoms. The molecule has 2 heterocycles. The molecule has 0 bridgehead atoms. The summed E-state index contributed by atoms with van der Waals surface area (Å²) in [4.78, 5) is 6.91. The van der Waals surface area contributed by atoms with Crippen molar-refractivity contribution in [2.24, 2.45) is 0 Å². The third-order valence-electron chi connectivity index (χ3n) is 4.07. The highest BCUT2D eigenvalue weighted by Gasteiger charge is 2.27. The van der Waals surface area contributed by atoms with Crippen molar-refractivity contribution in [3.63, 3.8) is 0 Å². The molecule has 0 saturated carbocycles. The number of likely N-dealkylation sites (N-methyl/N-ethyl adjacent to an activating group) is 1. The molecule has 0 aromatic carbocycles. The van der Waals surface area contributed by atoms with Crippen LogP contribution in [0.5, 0.6) is 0 Å². The first kappa shape index (κ1) is 16.4. The zero-order valence-corrected chi connectivity index (χ0v) is 13.6. The average Bonchev–Trinajstić information content (AvgIpc) is 2.95. The minimum atomic E-state index is -0.0714. The topological polar surface area (TPSA) is 63.4 Å². The van der Waals surface area contributed by atoms with Crippen molar-refractivity contribution in [1.29, 1.82) is 0 Å². The van der Waals surface area contributed by atoms with Crippen LogP contribution >= 0.6 is 0 Å². The van der Waals surface area contributed by atoms with Crippen LogP contribution in [0.1, 0.15) is 51.4 Å².